The maximum Gasteiger partial charge on any atom is 0.255 e. The topological polar surface area (TPSA) is 49.4 Å². The first-order valence-corrected chi connectivity index (χ1v) is 10.9. The van der Waals surface area contributed by atoms with Crippen molar-refractivity contribution in [1.82, 2.24) is 10.2 Å². The highest BCUT2D eigenvalue weighted by atomic mass is 16.2. The van der Waals surface area contributed by atoms with Gasteiger partial charge in [-0.2, -0.15) is 0 Å². The molecule has 1 heterocycles. The van der Waals surface area contributed by atoms with E-state index in [2.05, 4.69) is 29.6 Å². The van der Waals surface area contributed by atoms with Crippen molar-refractivity contribution >= 4 is 11.8 Å². The highest BCUT2D eigenvalue weighted by Gasteiger charge is 2.42. The van der Waals surface area contributed by atoms with Gasteiger partial charge in [0, 0.05) is 18.2 Å². The van der Waals surface area contributed by atoms with E-state index < -0.39 is 6.04 Å². The Balaban J connectivity index is 1.47. The minimum Gasteiger partial charge on any atom is -0.354 e. The lowest BCUT2D eigenvalue weighted by Crippen LogP contribution is -2.44. The zero-order valence-electron chi connectivity index (χ0n) is 17.8. The van der Waals surface area contributed by atoms with Gasteiger partial charge in [-0.3, -0.25) is 9.59 Å². The monoisotopic (exact) mass is 412 g/mol. The van der Waals surface area contributed by atoms with Crippen molar-refractivity contribution in [3.05, 3.63) is 107 Å². The van der Waals surface area contributed by atoms with Crippen LogP contribution in [-0.2, 0) is 17.6 Å². The molecule has 31 heavy (non-hydrogen) atoms. The summed E-state index contributed by atoms with van der Waals surface area (Å²) in [5, 5.41) is 3.06. The number of aryl methyl sites for hydroxylation is 1. The molecular weight excluding hydrogens is 384 g/mol. The van der Waals surface area contributed by atoms with Crippen LogP contribution in [0.4, 0.5) is 0 Å². The molecule has 1 aliphatic rings. The van der Waals surface area contributed by atoms with Gasteiger partial charge >= 0.3 is 0 Å². The third-order valence-electron chi connectivity index (χ3n) is 5.97. The highest BCUT2D eigenvalue weighted by Crippen LogP contribution is 2.36. The summed E-state index contributed by atoms with van der Waals surface area (Å²) in [7, 11) is 0. The van der Waals surface area contributed by atoms with Crippen molar-refractivity contribution in [2.75, 3.05) is 6.54 Å². The molecule has 2 atom stereocenters. The molecule has 0 aliphatic carbocycles. The van der Waals surface area contributed by atoms with E-state index in [9.17, 15) is 9.59 Å². The van der Waals surface area contributed by atoms with Crippen LogP contribution < -0.4 is 5.32 Å². The van der Waals surface area contributed by atoms with E-state index >= 15 is 0 Å². The minimum atomic E-state index is -0.578. The van der Waals surface area contributed by atoms with Crippen molar-refractivity contribution in [2.45, 2.75) is 38.3 Å². The maximum absolute atomic E-state index is 13.2. The predicted octanol–water partition coefficient (Wildman–Crippen LogP) is 4.56. The van der Waals surface area contributed by atoms with Crippen LogP contribution in [0.5, 0.6) is 0 Å². The molecule has 4 rings (SSSR count). The third-order valence-corrected chi connectivity index (χ3v) is 5.97. The molecule has 3 aromatic rings. The van der Waals surface area contributed by atoms with Crippen molar-refractivity contribution in [3.63, 3.8) is 0 Å². The molecule has 0 spiro atoms. The van der Waals surface area contributed by atoms with Crippen LogP contribution in [0.15, 0.2) is 84.9 Å². The zero-order chi connectivity index (χ0) is 21.6. The number of benzene rings is 3. The Morgan fingerprint density at radius 1 is 0.871 bits per heavy atom. The Morgan fingerprint density at radius 2 is 1.45 bits per heavy atom. The molecule has 0 unspecified atom stereocenters. The molecule has 0 radical (unpaired) electrons. The maximum atomic E-state index is 13.2. The molecule has 4 heteroatoms. The van der Waals surface area contributed by atoms with E-state index in [0.29, 0.717) is 12.1 Å². The Bertz CT molecular complexity index is 1030. The van der Waals surface area contributed by atoms with Crippen molar-refractivity contribution in [1.29, 1.82) is 0 Å². The summed E-state index contributed by atoms with van der Waals surface area (Å²) in [6.45, 7) is 2.58. The fourth-order valence-corrected chi connectivity index (χ4v) is 4.29. The summed E-state index contributed by atoms with van der Waals surface area (Å²) in [6, 6.07) is 27.2. The molecule has 158 valence electrons. The van der Waals surface area contributed by atoms with Crippen LogP contribution in [0, 0.1) is 0 Å². The number of amides is 2. The van der Waals surface area contributed by atoms with E-state index in [-0.39, 0.29) is 17.9 Å². The number of hydrogen-bond donors (Lipinski definition) is 1. The van der Waals surface area contributed by atoms with E-state index in [1.165, 1.54) is 11.1 Å². The molecule has 0 saturated carbocycles. The minimum absolute atomic E-state index is 0.0509. The highest BCUT2D eigenvalue weighted by molar-refractivity contribution is 6.04. The molecule has 3 aromatic carbocycles. The molecule has 1 N–H and O–H groups in total. The first-order valence-electron chi connectivity index (χ1n) is 10.9. The van der Waals surface area contributed by atoms with E-state index in [1.54, 1.807) is 4.90 Å². The SMILES string of the molecule is C[C@@H](CCc1ccccc1)N1C(=O)c2ccccc2[C@@H]1C(=O)NCCc1ccccc1. The molecule has 4 nitrogen and oxygen atoms in total. The third kappa shape index (κ3) is 4.69. The quantitative estimate of drug-likeness (QED) is 0.589. The summed E-state index contributed by atoms with van der Waals surface area (Å²) in [5.41, 5.74) is 3.86. The van der Waals surface area contributed by atoms with Gasteiger partial charge in [0.05, 0.1) is 0 Å². The number of nitrogens with one attached hydrogen (secondary N) is 1. The van der Waals surface area contributed by atoms with Gasteiger partial charge in [-0.1, -0.05) is 78.9 Å². The number of hydrogen-bond acceptors (Lipinski definition) is 2. The van der Waals surface area contributed by atoms with Crippen molar-refractivity contribution in [2.24, 2.45) is 0 Å². The van der Waals surface area contributed by atoms with Crippen LogP contribution in [-0.4, -0.2) is 29.3 Å². The van der Waals surface area contributed by atoms with Gasteiger partial charge in [-0.25, -0.2) is 0 Å². The summed E-state index contributed by atoms with van der Waals surface area (Å²) < 4.78 is 0. The number of carbonyl (C=O) groups is 2. The second-order valence-corrected chi connectivity index (χ2v) is 8.10. The van der Waals surface area contributed by atoms with Gasteiger partial charge in [0.1, 0.15) is 6.04 Å². The van der Waals surface area contributed by atoms with Gasteiger partial charge in [0.2, 0.25) is 5.91 Å². The second-order valence-electron chi connectivity index (χ2n) is 8.10. The summed E-state index contributed by atoms with van der Waals surface area (Å²) in [4.78, 5) is 28.2. The van der Waals surface area contributed by atoms with E-state index in [0.717, 1.165) is 24.8 Å². The average Bonchev–Trinajstić information content (AvgIpc) is 3.11. The van der Waals surface area contributed by atoms with E-state index in [1.807, 2.05) is 67.6 Å². The molecule has 1 aliphatic heterocycles. The van der Waals surface area contributed by atoms with Crippen molar-refractivity contribution in [3.8, 4) is 0 Å². The lowest BCUT2D eigenvalue weighted by Gasteiger charge is -2.30. The first-order chi connectivity index (χ1) is 15.1. The standard InChI is InChI=1S/C27H28N2O2/c1-20(16-17-21-10-4-2-5-11-21)29-25(23-14-8-9-15-24(23)27(29)31)26(30)28-19-18-22-12-6-3-7-13-22/h2-15,20,25H,16-19H2,1H3,(H,28,30)/t20-,25+/m0/s1. The number of nitrogens with zero attached hydrogens (tertiary/aromatic N) is 1. The van der Waals surface area contributed by atoms with Gasteiger partial charge in [0.15, 0.2) is 0 Å². The molecule has 0 saturated heterocycles. The Labute approximate surface area is 183 Å². The van der Waals surface area contributed by atoms with E-state index in [4.69, 9.17) is 0 Å². The largest absolute Gasteiger partial charge is 0.354 e. The predicted molar refractivity (Wildman–Crippen MR) is 123 cm³/mol. The summed E-state index contributed by atoms with van der Waals surface area (Å²) >= 11 is 0. The van der Waals surface area contributed by atoms with Crippen LogP contribution in [0.1, 0.15) is 46.4 Å². The first kappa shape index (κ1) is 20.9. The van der Waals surface area contributed by atoms with Crippen LogP contribution in [0.3, 0.4) is 0 Å². The molecule has 2 amide bonds. The van der Waals surface area contributed by atoms with Crippen LogP contribution >= 0.6 is 0 Å². The summed E-state index contributed by atoms with van der Waals surface area (Å²) in [6.07, 6.45) is 2.43. The molecule has 0 bridgehead atoms. The Kier molecular flexibility index (Phi) is 6.46. The lowest BCUT2D eigenvalue weighted by atomic mass is 10.0. The fourth-order valence-electron chi connectivity index (χ4n) is 4.29. The number of rotatable bonds is 8. The number of carbonyl (C=O) groups excluding carboxylic acids is 2. The molecule has 0 aromatic heterocycles. The summed E-state index contributed by atoms with van der Waals surface area (Å²) in [5.74, 6) is -0.167. The Morgan fingerprint density at radius 3 is 2.13 bits per heavy atom. The molecule has 0 fully saturated rings. The van der Waals surface area contributed by atoms with Crippen molar-refractivity contribution < 1.29 is 9.59 Å². The van der Waals surface area contributed by atoms with Crippen LogP contribution in [0.2, 0.25) is 0 Å². The zero-order valence-corrected chi connectivity index (χ0v) is 17.8. The molecular formula is C27H28N2O2. The number of fused-ring (bicyclic) bond motifs is 1. The smallest absolute Gasteiger partial charge is 0.255 e. The second kappa shape index (κ2) is 9.61. The fraction of sp³-hybridized carbons (Fsp3) is 0.259. The van der Waals surface area contributed by atoms with Gasteiger partial charge in [-0.15, -0.1) is 0 Å². The van der Waals surface area contributed by atoms with Gasteiger partial charge < -0.3 is 10.2 Å². The van der Waals surface area contributed by atoms with Gasteiger partial charge in [-0.05, 0) is 48.9 Å². The van der Waals surface area contributed by atoms with Crippen LogP contribution in [0.25, 0.3) is 0 Å². The Hall–Kier alpha value is -3.40. The van der Waals surface area contributed by atoms with Gasteiger partial charge in [0.25, 0.3) is 5.91 Å². The normalized spacial score (nSPS) is 16.1. The lowest BCUT2D eigenvalue weighted by molar-refractivity contribution is -0.126. The average molecular weight is 413 g/mol.